The van der Waals surface area contributed by atoms with Crippen LogP contribution in [0.25, 0.3) is 0 Å². The first-order valence-corrected chi connectivity index (χ1v) is 4.05. The molecule has 0 radical (unpaired) electrons. The number of hydrogen-bond acceptors (Lipinski definition) is 3. The number of nitrogens with zero attached hydrogens (tertiary/aromatic N) is 1. The molecule has 0 aromatic rings. The quantitative estimate of drug-likeness (QED) is 0.597. The average Bonchev–Trinajstić information content (AvgIpc) is 2.04. The second kappa shape index (κ2) is 4.49. The molecule has 4 heteroatoms. The van der Waals surface area contributed by atoms with Gasteiger partial charge in [0, 0.05) is 0 Å². The van der Waals surface area contributed by atoms with Crippen LogP contribution in [0, 0.1) is 0 Å². The molecule has 1 N–H and O–H groups in total. The first-order valence-electron chi connectivity index (χ1n) is 4.05. The van der Waals surface area contributed by atoms with Gasteiger partial charge in [0.05, 0.1) is 0 Å². The van der Waals surface area contributed by atoms with Crippen molar-refractivity contribution in [2.45, 2.75) is 37.8 Å². The summed E-state index contributed by atoms with van der Waals surface area (Å²) in [7, 11) is 3.09. The summed E-state index contributed by atoms with van der Waals surface area (Å²) < 4.78 is 4.72. The molecular formula is C7H14BNO2. The maximum absolute atomic E-state index is 9.17. The van der Waals surface area contributed by atoms with Crippen LogP contribution in [-0.2, 0) is 4.65 Å². The Hall–Kier alpha value is -0.375. The van der Waals surface area contributed by atoms with Crippen molar-refractivity contribution >= 4 is 7.27 Å². The first-order chi connectivity index (χ1) is 5.33. The molecule has 0 bridgehead atoms. The van der Waals surface area contributed by atoms with E-state index in [1.165, 1.54) is 7.27 Å². The Morgan fingerprint density at radius 1 is 1.36 bits per heavy atom. The molecular weight excluding hydrogens is 141 g/mol. The molecule has 0 atom stereocenters. The van der Waals surface area contributed by atoms with Crippen molar-refractivity contribution in [3.8, 4) is 0 Å². The summed E-state index contributed by atoms with van der Waals surface area (Å²) in [5.74, 6) is 0. The van der Waals surface area contributed by atoms with Crippen LogP contribution in [0.1, 0.15) is 25.7 Å². The van der Waals surface area contributed by atoms with E-state index in [-0.39, 0.29) is 6.10 Å². The fraction of sp³-hybridized carbons (Fsp3) is 1.00. The van der Waals surface area contributed by atoms with Crippen molar-refractivity contribution < 1.29 is 9.76 Å². The van der Waals surface area contributed by atoms with E-state index in [2.05, 4.69) is 4.90 Å². The van der Waals surface area contributed by atoms with Crippen molar-refractivity contribution in [2.24, 2.45) is 4.90 Å². The molecule has 0 spiro atoms. The Balaban J connectivity index is 2.22. The molecule has 3 nitrogen and oxygen atoms in total. The molecule has 1 rings (SSSR count). The predicted octanol–water partition coefficient (Wildman–Crippen LogP) is 0.739. The van der Waals surface area contributed by atoms with Gasteiger partial charge in [-0.1, -0.05) is 0 Å². The Labute approximate surface area is 67.8 Å². The van der Waals surface area contributed by atoms with E-state index >= 15 is 0 Å². The van der Waals surface area contributed by atoms with Crippen LogP contribution in [-0.4, -0.2) is 31.6 Å². The van der Waals surface area contributed by atoms with Crippen molar-refractivity contribution in [3.63, 3.8) is 0 Å². The van der Waals surface area contributed by atoms with Gasteiger partial charge in [-0.2, -0.15) is 0 Å². The minimum absolute atomic E-state index is 0.0935. The fourth-order valence-electron chi connectivity index (χ4n) is 1.35. The van der Waals surface area contributed by atoms with Crippen LogP contribution in [0.15, 0.2) is 4.90 Å². The molecule has 0 saturated heterocycles. The Morgan fingerprint density at radius 3 is 2.55 bits per heavy atom. The van der Waals surface area contributed by atoms with E-state index in [9.17, 15) is 0 Å². The molecule has 0 heterocycles. The maximum atomic E-state index is 9.17. The molecule has 1 aliphatic carbocycles. The Morgan fingerprint density at radius 2 is 2.00 bits per heavy atom. The van der Waals surface area contributed by atoms with Crippen molar-refractivity contribution in [1.29, 1.82) is 0 Å². The number of hydrogen-bond donors (Lipinski definition) is 1. The van der Waals surface area contributed by atoms with Gasteiger partial charge in [0.2, 0.25) is 0 Å². The third-order valence-electron chi connectivity index (χ3n) is 2.04. The molecule has 11 heavy (non-hydrogen) atoms. The van der Waals surface area contributed by atoms with Gasteiger partial charge < -0.3 is 0 Å². The van der Waals surface area contributed by atoms with Crippen LogP contribution in [0.2, 0.25) is 0 Å². The zero-order valence-corrected chi connectivity index (χ0v) is 6.86. The van der Waals surface area contributed by atoms with E-state index in [0.717, 1.165) is 25.7 Å². The van der Waals surface area contributed by atoms with E-state index < -0.39 is 0 Å². The summed E-state index contributed by atoms with van der Waals surface area (Å²) in [6.07, 6.45) is 3.64. The topological polar surface area (TPSA) is 41.8 Å². The van der Waals surface area contributed by atoms with Gasteiger partial charge in [-0.3, -0.25) is 0 Å². The molecule has 1 fully saturated rings. The van der Waals surface area contributed by atoms with Crippen LogP contribution in [0.3, 0.4) is 0 Å². The molecule has 0 aliphatic heterocycles. The van der Waals surface area contributed by atoms with Gasteiger partial charge in [-0.15, -0.1) is 0 Å². The Kier molecular flexibility index (Phi) is 3.56. The number of rotatable bonds is 2. The second-order valence-corrected chi connectivity index (χ2v) is 2.95. The van der Waals surface area contributed by atoms with Crippen LogP contribution in [0.4, 0.5) is 0 Å². The molecule has 0 amide bonds. The monoisotopic (exact) mass is 155 g/mol. The zero-order chi connectivity index (χ0) is 8.10. The van der Waals surface area contributed by atoms with Crippen molar-refractivity contribution in [3.05, 3.63) is 0 Å². The molecule has 1 saturated carbocycles. The van der Waals surface area contributed by atoms with Gasteiger partial charge in [0.15, 0.2) is 0 Å². The van der Waals surface area contributed by atoms with E-state index in [1.807, 2.05) is 0 Å². The predicted molar refractivity (Wildman–Crippen MR) is 43.5 cm³/mol. The number of aliphatic hydroxyl groups excluding tert-OH is 1. The Bertz CT molecular complexity index is 132. The third kappa shape index (κ3) is 3.01. The summed E-state index contributed by atoms with van der Waals surface area (Å²) >= 11 is 0. The summed E-state index contributed by atoms with van der Waals surface area (Å²) in [5, 5.41) is 9.17. The van der Waals surface area contributed by atoms with Crippen LogP contribution in [0.5, 0.6) is 0 Å². The van der Waals surface area contributed by atoms with Gasteiger partial charge >= 0.3 is 66.9 Å². The normalized spacial score (nSPS) is 31.8. The van der Waals surface area contributed by atoms with Gasteiger partial charge in [-0.25, -0.2) is 0 Å². The fourth-order valence-corrected chi connectivity index (χ4v) is 1.35. The van der Waals surface area contributed by atoms with E-state index in [1.54, 1.807) is 7.11 Å². The average molecular weight is 155 g/mol. The first kappa shape index (κ1) is 8.72. The molecule has 0 aromatic carbocycles. The summed E-state index contributed by atoms with van der Waals surface area (Å²) in [5.41, 5.74) is 0. The SMILES string of the molecule is COB=NC1CCC(O)CC1. The zero-order valence-electron chi connectivity index (χ0n) is 6.86. The van der Waals surface area contributed by atoms with E-state index in [0.29, 0.717) is 6.04 Å². The van der Waals surface area contributed by atoms with Gasteiger partial charge in [0.25, 0.3) is 0 Å². The van der Waals surface area contributed by atoms with E-state index in [4.69, 9.17) is 9.76 Å². The number of aliphatic hydroxyl groups is 1. The standard InChI is InChI=1S/C7H14BNO2/c1-11-8-9-6-2-4-7(10)5-3-6/h6-7,10H,2-5H2,1H3. The summed E-state index contributed by atoms with van der Waals surface area (Å²) in [6.45, 7) is 0. The van der Waals surface area contributed by atoms with Crippen LogP contribution >= 0.6 is 0 Å². The molecule has 62 valence electrons. The van der Waals surface area contributed by atoms with Crippen molar-refractivity contribution in [1.82, 2.24) is 0 Å². The van der Waals surface area contributed by atoms with Crippen LogP contribution < -0.4 is 0 Å². The summed E-state index contributed by atoms with van der Waals surface area (Å²) in [4.78, 5) is 4.18. The molecule has 1 aliphatic rings. The molecule has 0 unspecified atom stereocenters. The van der Waals surface area contributed by atoms with Crippen molar-refractivity contribution in [2.75, 3.05) is 7.11 Å². The minimum atomic E-state index is -0.0935. The second-order valence-electron chi connectivity index (χ2n) is 2.95. The summed E-state index contributed by atoms with van der Waals surface area (Å²) in [6, 6.07) is 0.373. The van der Waals surface area contributed by atoms with Gasteiger partial charge in [-0.05, 0) is 0 Å². The van der Waals surface area contributed by atoms with Gasteiger partial charge in [0.1, 0.15) is 0 Å². The molecule has 0 aromatic heterocycles. The third-order valence-corrected chi connectivity index (χ3v) is 2.04.